The summed E-state index contributed by atoms with van der Waals surface area (Å²) in [5.41, 5.74) is 4.64. The number of likely N-dealkylation sites (tertiary alicyclic amines) is 1. The number of nitrogens with zero attached hydrogens (tertiary/aromatic N) is 3. The van der Waals surface area contributed by atoms with E-state index in [9.17, 15) is 14.9 Å². The molecule has 2 unspecified atom stereocenters. The summed E-state index contributed by atoms with van der Waals surface area (Å²) in [4.78, 5) is 27.1. The molecule has 2 heterocycles. The van der Waals surface area contributed by atoms with Crippen molar-refractivity contribution in [3.8, 4) is 6.07 Å². The average Bonchev–Trinajstić information content (AvgIpc) is 3.16. The minimum absolute atomic E-state index is 0.0111. The fourth-order valence-electron chi connectivity index (χ4n) is 5.01. The van der Waals surface area contributed by atoms with Crippen LogP contribution in [0.1, 0.15) is 46.1 Å². The molecule has 35 heavy (non-hydrogen) atoms. The van der Waals surface area contributed by atoms with Crippen LogP contribution in [0.2, 0.25) is 10.0 Å². The number of rotatable bonds is 4. The number of esters is 1. The lowest BCUT2D eigenvalue weighted by molar-refractivity contribution is -0.148. The molecular weight excluding hydrogens is 485 g/mol. The number of benzene rings is 2. The normalized spacial score (nSPS) is 17.9. The van der Waals surface area contributed by atoms with Crippen LogP contribution in [-0.4, -0.2) is 41.5 Å². The van der Waals surface area contributed by atoms with E-state index in [2.05, 4.69) is 12.1 Å². The van der Waals surface area contributed by atoms with Crippen molar-refractivity contribution >= 4 is 46.0 Å². The van der Waals surface area contributed by atoms with Crippen molar-refractivity contribution in [1.82, 2.24) is 9.47 Å². The number of carbonyl (C=O) groups excluding carboxylic acids is 2. The summed E-state index contributed by atoms with van der Waals surface area (Å²) in [6.45, 7) is 4.85. The fraction of sp³-hybridized carbons (Fsp3) is 0.370. The zero-order valence-electron chi connectivity index (χ0n) is 20.2. The zero-order valence-corrected chi connectivity index (χ0v) is 21.7. The predicted molar refractivity (Wildman–Crippen MR) is 137 cm³/mol. The predicted octanol–water partition coefficient (Wildman–Crippen LogP) is 5.53. The van der Waals surface area contributed by atoms with Crippen LogP contribution in [0.25, 0.3) is 10.9 Å². The molecule has 4 rings (SSSR count). The van der Waals surface area contributed by atoms with Gasteiger partial charge in [-0.25, -0.2) is 0 Å². The van der Waals surface area contributed by atoms with Crippen LogP contribution >= 0.6 is 23.2 Å². The Bertz CT molecular complexity index is 1370. The van der Waals surface area contributed by atoms with E-state index in [-0.39, 0.29) is 23.7 Å². The average molecular weight is 512 g/mol. The van der Waals surface area contributed by atoms with E-state index in [0.29, 0.717) is 52.7 Å². The van der Waals surface area contributed by atoms with Gasteiger partial charge in [0.1, 0.15) is 0 Å². The number of piperidine rings is 1. The molecule has 8 heteroatoms. The maximum absolute atomic E-state index is 13.4. The van der Waals surface area contributed by atoms with Gasteiger partial charge in [0.25, 0.3) is 5.91 Å². The van der Waals surface area contributed by atoms with Crippen LogP contribution in [0.3, 0.4) is 0 Å². The van der Waals surface area contributed by atoms with Crippen molar-refractivity contribution in [2.45, 2.75) is 26.7 Å². The van der Waals surface area contributed by atoms with Gasteiger partial charge in [-0.15, -0.1) is 0 Å². The Labute approximate surface area is 215 Å². The molecule has 0 N–H and O–H groups in total. The lowest BCUT2D eigenvalue weighted by atomic mass is 9.86. The monoisotopic (exact) mass is 511 g/mol. The first kappa shape index (κ1) is 25.1. The molecule has 3 aromatic rings. The SMILES string of the molecule is COC(=O)C1CCN(C(=O)c2ccc(Cl)c(Cc3cc4c(C)cc(C#N)cc4n3C)c2Cl)CC1C. The Balaban J connectivity index is 1.64. The molecule has 0 radical (unpaired) electrons. The Hall–Kier alpha value is -3.01. The van der Waals surface area contributed by atoms with E-state index in [1.165, 1.54) is 7.11 Å². The Morgan fingerprint density at radius 2 is 1.97 bits per heavy atom. The minimum Gasteiger partial charge on any atom is -0.469 e. The van der Waals surface area contributed by atoms with Crippen LogP contribution in [0.5, 0.6) is 0 Å². The maximum Gasteiger partial charge on any atom is 0.309 e. The number of ether oxygens (including phenoxy) is 1. The van der Waals surface area contributed by atoms with Gasteiger partial charge in [-0.3, -0.25) is 9.59 Å². The highest BCUT2D eigenvalue weighted by Crippen LogP contribution is 2.34. The molecule has 1 fully saturated rings. The second-order valence-electron chi connectivity index (χ2n) is 9.24. The summed E-state index contributed by atoms with van der Waals surface area (Å²) >= 11 is 13.3. The molecule has 1 aliphatic rings. The first-order valence-electron chi connectivity index (χ1n) is 11.5. The van der Waals surface area contributed by atoms with Crippen LogP contribution in [0.4, 0.5) is 0 Å². The van der Waals surface area contributed by atoms with Crippen molar-refractivity contribution in [2.24, 2.45) is 18.9 Å². The quantitative estimate of drug-likeness (QED) is 0.431. The van der Waals surface area contributed by atoms with Gasteiger partial charge in [0.15, 0.2) is 0 Å². The fourth-order valence-corrected chi connectivity index (χ4v) is 5.59. The molecule has 1 amide bonds. The van der Waals surface area contributed by atoms with Gasteiger partial charge in [0.2, 0.25) is 0 Å². The number of aryl methyl sites for hydroxylation is 2. The van der Waals surface area contributed by atoms with Gasteiger partial charge < -0.3 is 14.2 Å². The summed E-state index contributed by atoms with van der Waals surface area (Å²) in [7, 11) is 3.34. The summed E-state index contributed by atoms with van der Waals surface area (Å²) in [6, 6.07) is 11.4. The van der Waals surface area contributed by atoms with Crippen LogP contribution < -0.4 is 0 Å². The summed E-state index contributed by atoms with van der Waals surface area (Å²) < 4.78 is 6.93. The number of nitriles is 1. The first-order valence-corrected chi connectivity index (χ1v) is 12.2. The molecule has 6 nitrogen and oxygen atoms in total. The van der Waals surface area contributed by atoms with E-state index in [1.807, 2.05) is 37.6 Å². The number of aromatic nitrogens is 1. The summed E-state index contributed by atoms with van der Waals surface area (Å²) in [6.07, 6.45) is 0.990. The van der Waals surface area contributed by atoms with E-state index < -0.39 is 0 Å². The van der Waals surface area contributed by atoms with Crippen molar-refractivity contribution in [1.29, 1.82) is 5.26 Å². The number of hydrogen-bond acceptors (Lipinski definition) is 4. The molecule has 0 bridgehead atoms. The van der Waals surface area contributed by atoms with Crippen LogP contribution in [0, 0.1) is 30.1 Å². The third kappa shape index (κ3) is 4.63. The Morgan fingerprint density at radius 1 is 1.23 bits per heavy atom. The van der Waals surface area contributed by atoms with Gasteiger partial charge in [-0.1, -0.05) is 30.1 Å². The number of halogens is 2. The highest BCUT2D eigenvalue weighted by molar-refractivity contribution is 6.38. The van der Waals surface area contributed by atoms with Gasteiger partial charge in [-0.05, 0) is 60.7 Å². The van der Waals surface area contributed by atoms with Crippen molar-refractivity contribution in [2.75, 3.05) is 20.2 Å². The number of amides is 1. The number of hydrogen-bond donors (Lipinski definition) is 0. The third-order valence-electron chi connectivity index (χ3n) is 7.07. The minimum atomic E-state index is -0.233. The molecule has 0 aliphatic carbocycles. The van der Waals surface area contributed by atoms with Gasteiger partial charge in [0, 0.05) is 48.2 Å². The summed E-state index contributed by atoms with van der Waals surface area (Å²) in [5.74, 6) is -0.627. The first-order chi connectivity index (χ1) is 16.7. The molecule has 2 atom stereocenters. The maximum atomic E-state index is 13.4. The third-order valence-corrected chi connectivity index (χ3v) is 7.85. The number of carbonyl (C=O) groups is 2. The molecular formula is C27H27Cl2N3O3. The van der Waals surface area contributed by atoms with Gasteiger partial charge in [-0.2, -0.15) is 5.26 Å². The highest BCUT2D eigenvalue weighted by atomic mass is 35.5. The topological polar surface area (TPSA) is 75.3 Å². The standard InChI is InChI=1S/C27H27Cl2N3O3/c1-15-9-17(13-30)10-24-21(15)11-18(31(24)3)12-22-23(28)6-5-20(25(22)29)26(33)32-8-7-19(16(2)14-32)27(34)35-4/h5-6,9-11,16,19H,7-8,12,14H2,1-4H3. The Morgan fingerprint density at radius 3 is 2.63 bits per heavy atom. The highest BCUT2D eigenvalue weighted by Gasteiger charge is 2.34. The molecule has 0 saturated carbocycles. The van der Waals surface area contributed by atoms with Crippen LogP contribution in [0.15, 0.2) is 30.3 Å². The van der Waals surface area contributed by atoms with Crippen molar-refractivity contribution in [3.63, 3.8) is 0 Å². The Kier molecular flexibility index (Phi) is 7.12. The molecule has 182 valence electrons. The largest absolute Gasteiger partial charge is 0.469 e. The van der Waals surface area contributed by atoms with Crippen LogP contribution in [-0.2, 0) is 23.0 Å². The molecule has 1 aliphatic heterocycles. The second-order valence-corrected chi connectivity index (χ2v) is 10.0. The number of methoxy groups -OCH3 is 1. The number of fused-ring (bicyclic) bond motifs is 1. The smallest absolute Gasteiger partial charge is 0.309 e. The molecule has 2 aromatic carbocycles. The van der Waals surface area contributed by atoms with E-state index in [4.69, 9.17) is 27.9 Å². The lowest BCUT2D eigenvalue weighted by Crippen LogP contribution is -2.45. The summed E-state index contributed by atoms with van der Waals surface area (Å²) in [5, 5.41) is 11.2. The molecule has 1 saturated heterocycles. The van der Waals surface area contributed by atoms with E-state index in [0.717, 1.165) is 22.2 Å². The van der Waals surface area contributed by atoms with E-state index in [1.54, 1.807) is 17.0 Å². The van der Waals surface area contributed by atoms with Gasteiger partial charge in [0.05, 0.1) is 35.2 Å². The lowest BCUT2D eigenvalue weighted by Gasteiger charge is -2.35. The van der Waals surface area contributed by atoms with Crippen molar-refractivity contribution < 1.29 is 14.3 Å². The van der Waals surface area contributed by atoms with Gasteiger partial charge >= 0.3 is 5.97 Å². The zero-order chi connectivity index (χ0) is 25.4. The van der Waals surface area contributed by atoms with E-state index >= 15 is 0 Å². The second kappa shape index (κ2) is 9.93. The van der Waals surface area contributed by atoms with Crippen molar-refractivity contribution in [3.05, 3.63) is 68.3 Å². The molecule has 0 spiro atoms. The molecule has 1 aromatic heterocycles.